The third-order valence-electron chi connectivity index (χ3n) is 7.02. The zero-order chi connectivity index (χ0) is 29.4. The molecule has 0 bridgehead atoms. The molecule has 41 heavy (non-hydrogen) atoms. The van der Waals surface area contributed by atoms with E-state index in [1.165, 1.54) is 6.07 Å². The molecule has 0 aliphatic heterocycles. The van der Waals surface area contributed by atoms with Crippen LogP contribution in [0.3, 0.4) is 0 Å². The fraction of sp³-hybridized carbons (Fsp3) is 0.333. The summed E-state index contributed by atoms with van der Waals surface area (Å²) in [6.45, 7) is -0.644. The molecule has 0 N–H and O–H groups in total. The van der Waals surface area contributed by atoms with Gasteiger partial charge in [0, 0.05) is 11.5 Å². The van der Waals surface area contributed by atoms with Crippen molar-refractivity contribution >= 4 is 10.8 Å². The topological polar surface area (TPSA) is 18.5 Å². The zero-order valence-electron chi connectivity index (χ0n) is 22.8. The van der Waals surface area contributed by atoms with Crippen LogP contribution in [0.25, 0.3) is 10.8 Å². The molecule has 4 rings (SSSR count). The van der Waals surface area contributed by atoms with Crippen LogP contribution in [0.4, 0.5) is 26.3 Å². The lowest BCUT2D eigenvalue weighted by Crippen LogP contribution is -2.06. The van der Waals surface area contributed by atoms with Crippen LogP contribution >= 0.6 is 0 Å². The number of fused-ring (bicyclic) bond motifs is 1. The predicted molar refractivity (Wildman–Crippen MR) is 148 cm³/mol. The Morgan fingerprint density at radius 3 is 2.07 bits per heavy atom. The highest BCUT2D eigenvalue weighted by atomic mass is 19.3. The molecule has 0 aromatic heterocycles. The average Bonchev–Trinajstić information content (AvgIpc) is 2.94. The van der Waals surface area contributed by atoms with E-state index in [1.807, 2.05) is 6.07 Å². The van der Waals surface area contributed by atoms with E-state index >= 15 is 4.39 Å². The maximum absolute atomic E-state index is 15.2. The number of hydrogen-bond donors (Lipinski definition) is 0. The predicted octanol–water partition coefficient (Wildman–Crippen LogP) is 9.53. The molecule has 8 heteroatoms. The smallest absolute Gasteiger partial charge is 0.387 e. The quantitative estimate of drug-likeness (QED) is 0.110. The molecule has 0 radical (unpaired) electrons. The van der Waals surface area contributed by atoms with Crippen LogP contribution in [0.5, 0.6) is 11.5 Å². The van der Waals surface area contributed by atoms with Crippen molar-refractivity contribution in [1.29, 1.82) is 0 Å². The fourth-order valence-electron chi connectivity index (χ4n) is 4.79. The van der Waals surface area contributed by atoms with Gasteiger partial charge < -0.3 is 9.47 Å². The summed E-state index contributed by atoms with van der Waals surface area (Å²) in [5, 5.41) is 1.08. The highest BCUT2D eigenvalue weighted by Gasteiger charge is 2.17. The van der Waals surface area contributed by atoms with Gasteiger partial charge in [0.25, 0.3) is 0 Å². The van der Waals surface area contributed by atoms with Crippen molar-refractivity contribution in [2.45, 2.75) is 64.9 Å². The molecule has 0 saturated carbocycles. The van der Waals surface area contributed by atoms with Crippen molar-refractivity contribution in [2.24, 2.45) is 0 Å². The molecule has 0 aliphatic rings. The molecule has 0 spiro atoms. The van der Waals surface area contributed by atoms with E-state index in [0.29, 0.717) is 47.1 Å². The number of alkyl halides is 2. The van der Waals surface area contributed by atoms with Gasteiger partial charge in [-0.2, -0.15) is 8.78 Å². The molecule has 0 fully saturated rings. The van der Waals surface area contributed by atoms with Crippen molar-refractivity contribution in [2.75, 3.05) is 6.61 Å². The molecule has 0 aliphatic carbocycles. The van der Waals surface area contributed by atoms with Gasteiger partial charge in [0.05, 0.1) is 6.61 Å². The highest BCUT2D eigenvalue weighted by Crippen LogP contribution is 2.28. The van der Waals surface area contributed by atoms with Crippen LogP contribution in [0.1, 0.15) is 54.9 Å². The lowest BCUT2D eigenvalue weighted by molar-refractivity contribution is -0.0546. The first-order chi connectivity index (χ1) is 19.7. The summed E-state index contributed by atoms with van der Waals surface area (Å²) < 4.78 is 92.1. The van der Waals surface area contributed by atoms with Gasteiger partial charge in [-0.15, -0.1) is 0 Å². The molecule has 4 aromatic rings. The number of ether oxygens (including phenoxy) is 2. The number of halogens is 6. The van der Waals surface area contributed by atoms with Gasteiger partial charge in [-0.05, 0) is 77.9 Å². The average molecular weight is 575 g/mol. The van der Waals surface area contributed by atoms with E-state index in [0.717, 1.165) is 43.4 Å². The van der Waals surface area contributed by atoms with E-state index in [4.69, 9.17) is 4.74 Å². The second-order valence-corrected chi connectivity index (χ2v) is 10.0. The summed E-state index contributed by atoms with van der Waals surface area (Å²) >= 11 is 0. The highest BCUT2D eigenvalue weighted by molar-refractivity contribution is 5.84. The minimum absolute atomic E-state index is 0.0948. The molecular formula is C33H32F6O2. The van der Waals surface area contributed by atoms with Gasteiger partial charge in [-0.1, -0.05) is 62.6 Å². The van der Waals surface area contributed by atoms with E-state index < -0.39 is 29.8 Å². The van der Waals surface area contributed by atoms with E-state index in [1.54, 1.807) is 36.4 Å². The van der Waals surface area contributed by atoms with Crippen molar-refractivity contribution < 1.29 is 35.8 Å². The monoisotopic (exact) mass is 574 g/mol. The van der Waals surface area contributed by atoms with E-state index in [2.05, 4.69) is 11.7 Å². The Bertz CT molecular complexity index is 1450. The van der Waals surface area contributed by atoms with Crippen LogP contribution in [0.2, 0.25) is 0 Å². The second-order valence-electron chi connectivity index (χ2n) is 10.0. The number of rotatable bonds is 14. The first-order valence-corrected chi connectivity index (χ1v) is 13.8. The number of unbranched alkanes of at least 4 members (excludes halogenated alkanes) is 3. The van der Waals surface area contributed by atoms with Gasteiger partial charge in [0.1, 0.15) is 17.4 Å². The minimum Gasteiger partial charge on any atom is -0.493 e. The molecule has 0 saturated heterocycles. The van der Waals surface area contributed by atoms with Crippen LogP contribution in [0.15, 0.2) is 60.7 Å². The zero-order valence-corrected chi connectivity index (χ0v) is 22.8. The van der Waals surface area contributed by atoms with Crippen molar-refractivity contribution in [1.82, 2.24) is 0 Å². The lowest BCUT2D eigenvalue weighted by Gasteiger charge is -2.11. The molecule has 218 valence electrons. The Morgan fingerprint density at radius 1 is 0.659 bits per heavy atom. The third-order valence-corrected chi connectivity index (χ3v) is 7.02. The normalized spacial score (nSPS) is 11.4. The van der Waals surface area contributed by atoms with Crippen LogP contribution in [0, 0.1) is 23.3 Å². The summed E-state index contributed by atoms with van der Waals surface area (Å²) in [6.07, 6.45) is 5.62. The lowest BCUT2D eigenvalue weighted by atomic mass is 9.97. The Balaban J connectivity index is 1.37. The molecule has 4 aromatic carbocycles. The molecule has 0 unspecified atom stereocenters. The standard InChI is InChI=1S/C33H32F6O2/c1-2-3-4-5-16-40-26-14-13-23(28(34)20-26)9-6-21-8-15-27-25(17-21)12-11-24(31(27)37)10-7-22-18-29(35)32(30(36)19-22)41-33(38)39/h8,11-15,17-20,33H,2-7,9-10,16H2,1H3. The molecule has 0 heterocycles. The van der Waals surface area contributed by atoms with Crippen molar-refractivity contribution in [3.63, 3.8) is 0 Å². The number of benzene rings is 4. The van der Waals surface area contributed by atoms with Crippen LogP contribution in [-0.2, 0) is 25.7 Å². The number of aryl methyl sites for hydroxylation is 4. The summed E-state index contributed by atoms with van der Waals surface area (Å²) in [5.41, 5.74) is 2.05. The summed E-state index contributed by atoms with van der Waals surface area (Å²) in [4.78, 5) is 0. The summed E-state index contributed by atoms with van der Waals surface area (Å²) in [5.74, 6) is -3.86. The van der Waals surface area contributed by atoms with Crippen LogP contribution in [-0.4, -0.2) is 13.2 Å². The Hall–Kier alpha value is -3.68. The third kappa shape index (κ3) is 8.18. The largest absolute Gasteiger partial charge is 0.493 e. The SMILES string of the molecule is CCCCCCOc1ccc(CCc2ccc3c(F)c(CCc4cc(F)c(OC(F)F)c(F)c4)ccc3c2)c(F)c1. The summed E-state index contributed by atoms with van der Waals surface area (Å²) in [6, 6.07) is 15.5. The molecule has 0 atom stereocenters. The molecule has 0 amide bonds. The van der Waals surface area contributed by atoms with Gasteiger partial charge in [0.2, 0.25) is 0 Å². The van der Waals surface area contributed by atoms with Gasteiger partial charge >= 0.3 is 6.61 Å². The van der Waals surface area contributed by atoms with E-state index in [9.17, 15) is 22.0 Å². The Morgan fingerprint density at radius 2 is 1.37 bits per heavy atom. The Kier molecular flexibility index (Phi) is 10.6. The van der Waals surface area contributed by atoms with Crippen LogP contribution < -0.4 is 9.47 Å². The van der Waals surface area contributed by atoms with E-state index in [-0.39, 0.29) is 24.2 Å². The van der Waals surface area contributed by atoms with Gasteiger partial charge in [-0.3, -0.25) is 0 Å². The second kappa shape index (κ2) is 14.3. The van der Waals surface area contributed by atoms with Crippen molar-refractivity contribution in [3.05, 3.63) is 106 Å². The fourth-order valence-corrected chi connectivity index (χ4v) is 4.79. The molecule has 2 nitrogen and oxygen atoms in total. The van der Waals surface area contributed by atoms with Crippen molar-refractivity contribution in [3.8, 4) is 11.5 Å². The van der Waals surface area contributed by atoms with Gasteiger partial charge in [-0.25, -0.2) is 17.6 Å². The van der Waals surface area contributed by atoms with Gasteiger partial charge in [0.15, 0.2) is 17.4 Å². The maximum Gasteiger partial charge on any atom is 0.387 e. The minimum atomic E-state index is -3.35. The first-order valence-electron chi connectivity index (χ1n) is 13.8. The first kappa shape index (κ1) is 30.3. The Labute approximate surface area is 235 Å². The summed E-state index contributed by atoms with van der Waals surface area (Å²) in [7, 11) is 0. The maximum atomic E-state index is 15.2. The molecular weight excluding hydrogens is 542 g/mol. The number of hydrogen-bond acceptors (Lipinski definition) is 2.